The van der Waals surface area contributed by atoms with Gasteiger partial charge in [-0.05, 0) is 27.2 Å². The molecule has 0 spiro atoms. The molecule has 0 saturated carbocycles. The fourth-order valence-electron chi connectivity index (χ4n) is 1.67. The van der Waals surface area contributed by atoms with E-state index in [4.69, 9.17) is 0 Å². The van der Waals surface area contributed by atoms with Crippen LogP contribution in [0.1, 0.15) is 34.1 Å². The van der Waals surface area contributed by atoms with Crippen molar-refractivity contribution in [3.05, 3.63) is 0 Å². The predicted molar refractivity (Wildman–Crippen MR) is 53.2 cm³/mol. The van der Waals surface area contributed by atoms with Crippen LogP contribution in [0, 0.1) is 0 Å². The Kier molecular flexibility index (Phi) is 3.53. The minimum Gasteiger partial charge on any atom is -0.287 e. The van der Waals surface area contributed by atoms with Crippen molar-refractivity contribution in [2.24, 2.45) is 0 Å². The van der Waals surface area contributed by atoms with Crippen molar-refractivity contribution in [1.82, 2.24) is 9.80 Å². The Morgan fingerprint density at radius 3 is 2.08 bits per heavy atom. The summed E-state index contributed by atoms with van der Waals surface area (Å²) in [5.74, 6) is 0. The summed E-state index contributed by atoms with van der Waals surface area (Å²) in [7, 11) is 0. The maximum absolute atomic E-state index is 2.57. The summed E-state index contributed by atoms with van der Waals surface area (Å²) in [5.41, 5.74) is 0. The number of hydrogen-bond acceptors (Lipinski definition) is 2. The second-order valence-corrected chi connectivity index (χ2v) is 4.12. The lowest BCUT2D eigenvalue weighted by molar-refractivity contribution is 0.177. The van der Waals surface area contributed by atoms with Gasteiger partial charge in [0.15, 0.2) is 0 Å². The van der Waals surface area contributed by atoms with Crippen molar-refractivity contribution in [2.45, 2.75) is 46.2 Å². The Bertz CT molecular complexity index is 134. The zero-order valence-electron chi connectivity index (χ0n) is 8.88. The third kappa shape index (κ3) is 2.20. The first-order valence-electron chi connectivity index (χ1n) is 5.13. The van der Waals surface area contributed by atoms with E-state index in [-0.39, 0.29) is 0 Å². The van der Waals surface area contributed by atoms with E-state index in [9.17, 15) is 0 Å². The van der Waals surface area contributed by atoms with Crippen LogP contribution in [0.4, 0.5) is 0 Å². The fourth-order valence-corrected chi connectivity index (χ4v) is 1.67. The molecule has 1 saturated heterocycles. The summed E-state index contributed by atoms with van der Waals surface area (Å²) in [6.07, 6.45) is 1.27. The van der Waals surface area contributed by atoms with Gasteiger partial charge in [0.2, 0.25) is 0 Å². The van der Waals surface area contributed by atoms with Crippen LogP contribution in [0.15, 0.2) is 0 Å². The maximum atomic E-state index is 2.57. The first-order chi connectivity index (χ1) is 5.65. The highest BCUT2D eigenvalue weighted by molar-refractivity contribution is 4.76. The van der Waals surface area contributed by atoms with Gasteiger partial charge in [0.25, 0.3) is 0 Å². The molecule has 0 aliphatic carbocycles. The van der Waals surface area contributed by atoms with Crippen molar-refractivity contribution in [3.8, 4) is 0 Å². The van der Waals surface area contributed by atoms with Gasteiger partial charge < -0.3 is 0 Å². The highest BCUT2D eigenvalue weighted by atomic mass is 15.4. The van der Waals surface area contributed by atoms with E-state index in [2.05, 4.69) is 37.5 Å². The summed E-state index contributed by atoms with van der Waals surface area (Å²) < 4.78 is 0. The molecule has 0 aromatic heterocycles. The molecular weight excluding hydrogens is 148 g/mol. The smallest absolute Gasteiger partial charge is 0.0512 e. The van der Waals surface area contributed by atoms with Crippen LogP contribution >= 0.6 is 0 Å². The van der Waals surface area contributed by atoms with Gasteiger partial charge in [-0.1, -0.05) is 6.92 Å². The average Bonchev–Trinajstić information content (AvgIpc) is 2.51. The molecule has 0 radical (unpaired) electrons. The zero-order valence-corrected chi connectivity index (χ0v) is 8.88. The third-order valence-electron chi connectivity index (χ3n) is 2.98. The zero-order chi connectivity index (χ0) is 9.14. The maximum Gasteiger partial charge on any atom is 0.0512 e. The van der Waals surface area contributed by atoms with Gasteiger partial charge in [0.05, 0.1) is 6.67 Å². The molecule has 2 nitrogen and oxygen atoms in total. The summed E-state index contributed by atoms with van der Waals surface area (Å²) in [6.45, 7) is 12.8. The first-order valence-corrected chi connectivity index (χ1v) is 5.13. The van der Waals surface area contributed by atoms with Gasteiger partial charge in [-0.15, -0.1) is 0 Å². The first kappa shape index (κ1) is 10.0. The molecule has 0 N–H and O–H groups in total. The normalized spacial score (nSPS) is 23.8. The van der Waals surface area contributed by atoms with Gasteiger partial charge >= 0.3 is 0 Å². The molecule has 0 bridgehead atoms. The van der Waals surface area contributed by atoms with Crippen molar-refractivity contribution < 1.29 is 0 Å². The Hall–Kier alpha value is -0.0800. The third-order valence-corrected chi connectivity index (χ3v) is 2.98. The molecule has 0 aromatic carbocycles. The van der Waals surface area contributed by atoms with E-state index in [1.54, 1.807) is 0 Å². The summed E-state index contributed by atoms with van der Waals surface area (Å²) in [6, 6.07) is 1.47. The SMILES string of the molecule is CCC(C)N1CCN(C(C)C)C1. The molecule has 2 heteroatoms. The van der Waals surface area contributed by atoms with Crippen LogP contribution in [0.3, 0.4) is 0 Å². The highest BCUT2D eigenvalue weighted by Gasteiger charge is 2.24. The van der Waals surface area contributed by atoms with Crippen molar-refractivity contribution in [2.75, 3.05) is 19.8 Å². The summed E-state index contributed by atoms with van der Waals surface area (Å²) >= 11 is 0. The lowest BCUT2D eigenvalue weighted by Crippen LogP contribution is -2.34. The van der Waals surface area contributed by atoms with E-state index in [0.717, 1.165) is 6.04 Å². The van der Waals surface area contributed by atoms with Crippen LogP contribution in [0.25, 0.3) is 0 Å². The number of hydrogen-bond donors (Lipinski definition) is 0. The lowest BCUT2D eigenvalue weighted by atomic mass is 10.2. The van der Waals surface area contributed by atoms with Crippen LogP contribution < -0.4 is 0 Å². The molecule has 12 heavy (non-hydrogen) atoms. The number of rotatable bonds is 3. The molecule has 1 heterocycles. The predicted octanol–water partition coefficient (Wildman–Crippen LogP) is 1.77. The standard InChI is InChI=1S/C10H22N2/c1-5-10(4)12-7-6-11(8-12)9(2)3/h9-10H,5-8H2,1-4H3. The van der Waals surface area contributed by atoms with Gasteiger partial charge in [0.1, 0.15) is 0 Å². The Morgan fingerprint density at radius 2 is 1.67 bits per heavy atom. The minimum atomic E-state index is 0.707. The molecule has 1 unspecified atom stereocenters. The van der Waals surface area contributed by atoms with Gasteiger partial charge in [-0.2, -0.15) is 0 Å². The van der Waals surface area contributed by atoms with Crippen molar-refractivity contribution in [1.29, 1.82) is 0 Å². The van der Waals surface area contributed by atoms with Gasteiger partial charge in [-0.25, -0.2) is 0 Å². The quantitative estimate of drug-likeness (QED) is 0.637. The molecule has 1 aliphatic heterocycles. The van der Waals surface area contributed by atoms with E-state index in [1.165, 1.54) is 26.2 Å². The topological polar surface area (TPSA) is 6.48 Å². The molecule has 1 atom stereocenters. The molecular formula is C10H22N2. The second kappa shape index (κ2) is 4.24. The average molecular weight is 170 g/mol. The minimum absolute atomic E-state index is 0.707. The molecule has 0 amide bonds. The second-order valence-electron chi connectivity index (χ2n) is 4.12. The van der Waals surface area contributed by atoms with E-state index in [0.29, 0.717) is 6.04 Å². The van der Waals surface area contributed by atoms with Crippen molar-refractivity contribution >= 4 is 0 Å². The van der Waals surface area contributed by atoms with Gasteiger partial charge in [0, 0.05) is 25.2 Å². The Labute approximate surface area is 76.5 Å². The lowest BCUT2D eigenvalue weighted by Gasteiger charge is -2.25. The molecule has 1 rings (SSSR count). The van der Waals surface area contributed by atoms with Crippen LogP contribution in [-0.2, 0) is 0 Å². The monoisotopic (exact) mass is 170 g/mol. The Morgan fingerprint density at radius 1 is 1.08 bits per heavy atom. The molecule has 1 fully saturated rings. The van der Waals surface area contributed by atoms with Gasteiger partial charge in [-0.3, -0.25) is 9.80 Å². The summed E-state index contributed by atoms with van der Waals surface area (Å²) in [4.78, 5) is 5.10. The van der Waals surface area contributed by atoms with E-state index >= 15 is 0 Å². The molecule has 1 aliphatic rings. The van der Waals surface area contributed by atoms with E-state index < -0.39 is 0 Å². The van der Waals surface area contributed by atoms with E-state index in [1.807, 2.05) is 0 Å². The molecule has 72 valence electrons. The fraction of sp³-hybridized carbons (Fsp3) is 1.00. The Balaban J connectivity index is 2.35. The van der Waals surface area contributed by atoms with Crippen molar-refractivity contribution in [3.63, 3.8) is 0 Å². The molecule has 0 aromatic rings. The van der Waals surface area contributed by atoms with Crippen LogP contribution in [-0.4, -0.2) is 41.6 Å². The largest absolute Gasteiger partial charge is 0.287 e. The van der Waals surface area contributed by atoms with Crippen LogP contribution in [0.5, 0.6) is 0 Å². The number of nitrogens with zero attached hydrogens (tertiary/aromatic N) is 2. The highest BCUT2D eigenvalue weighted by Crippen LogP contribution is 2.13. The summed E-state index contributed by atoms with van der Waals surface area (Å²) in [5, 5.41) is 0. The van der Waals surface area contributed by atoms with Crippen LogP contribution in [0.2, 0.25) is 0 Å².